The molecule has 0 unspecified atom stereocenters. The first-order valence-corrected chi connectivity index (χ1v) is 9.72. The van der Waals surface area contributed by atoms with Crippen molar-refractivity contribution in [3.63, 3.8) is 0 Å². The van der Waals surface area contributed by atoms with Gasteiger partial charge in [0.15, 0.2) is 5.84 Å². The minimum absolute atomic E-state index is 0.0367. The van der Waals surface area contributed by atoms with Crippen LogP contribution >= 0.6 is 11.3 Å². The monoisotopic (exact) mass is 398 g/mol. The van der Waals surface area contributed by atoms with Crippen molar-refractivity contribution in [2.45, 2.75) is 33.3 Å². The Kier molecular flexibility index (Phi) is 6.16. The van der Waals surface area contributed by atoms with E-state index in [1.54, 1.807) is 12.1 Å². The van der Waals surface area contributed by atoms with E-state index in [1.807, 2.05) is 24.4 Å². The molecule has 1 aromatic carbocycles. The molecule has 0 saturated heterocycles. The van der Waals surface area contributed by atoms with Crippen molar-refractivity contribution >= 4 is 23.1 Å². The van der Waals surface area contributed by atoms with Crippen LogP contribution in [0.2, 0.25) is 0 Å². The van der Waals surface area contributed by atoms with Crippen LogP contribution in [0.3, 0.4) is 0 Å². The summed E-state index contributed by atoms with van der Waals surface area (Å²) >= 11 is 1.40. The van der Waals surface area contributed by atoms with Crippen molar-refractivity contribution < 1.29 is 18.8 Å². The highest BCUT2D eigenvalue weighted by Gasteiger charge is 2.15. The lowest BCUT2D eigenvalue weighted by atomic mass is 10.0. The van der Waals surface area contributed by atoms with E-state index >= 15 is 0 Å². The van der Waals surface area contributed by atoms with Gasteiger partial charge in [0.1, 0.15) is 18.1 Å². The fourth-order valence-electron chi connectivity index (χ4n) is 2.56. The summed E-state index contributed by atoms with van der Waals surface area (Å²) in [5.41, 5.74) is 8.00. The van der Waals surface area contributed by atoms with Crippen molar-refractivity contribution in [2.75, 3.05) is 0 Å². The molecule has 7 heteroatoms. The number of aryl methyl sites for hydroxylation is 1. The highest BCUT2D eigenvalue weighted by Crippen LogP contribution is 2.28. The van der Waals surface area contributed by atoms with E-state index in [0.717, 1.165) is 21.8 Å². The molecule has 2 aromatic heterocycles. The maximum absolute atomic E-state index is 12.1. The van der Waals surface area contributed by atoms with Gasteiger partial charge in [-0.2, -0.15) is 0 Å². The molecular weight excluding hydrogens is 376 g/mol. The first kappa shape index (κ1) is 19.7. The van der Waals surface area contributed by atoms with E-state index in [9.17, 15) is 4.79 Å². The summed E-state index contributed by atoms with van der Waals surface area (Å²) in [5, 5.41) is 5.51. The van der Waals surface area contributed by atoms with Gasteiger partial charge >= 0.3 is 5.97 Å². The quantitative estimate of drug-likeness (QED) is 0.267. The van der Waals surface area contributed by atoms with E-state index in [2.05, 4.69) is 31.1 Å². The largest absolute Gasteiger partial charge is 0.485 e. The molecule has 3 rings (SSSR count). The summed E-state index contributed by atoms with van der Waals surface area (Å²) in [6.07, 6.45) is 0. The number of furan rings is 1. The molecule has 146 valence electrons. The van der Waals surface area contributed by atoms with Gasteiger partial charge in [-0.1, -0.05) is 37.2 Å². The Morgan fingerprint density at radius 3 is 2.79 bits per heavy atom. The minimum Gasteiger partial charge on any atom is -0.485 e. The van der Waals surface area contributed by atoms with Gasteiger partial charge in [0.05, 0.1) is 4.88 Å². The highest BCUT2D eigenvalue weighted by atomic mass is 32.1. The van der Waals surface area contributed by atoms with Gasteiger partial charge in [-0.25, -0.2) is 4.79 Å². The number of nitrogens with zero attached hydrogens (tertiary/aromatic N) is 1. The molecule has 0 aliphatic rings. The smallest absolute Gasteiger partial charge is 0.400 e. The standard InChI is InChI=1S/C21H22N2O4S/c1-13(2)16-8-6-14(3)11-18(16)25-12-15-7-9-17(26-15)21(24)27-23-20(22)19-5-4-10-28-19/h4-11,13H,12H2,1-3H3,(H2,22,23). The number of hydrogen-bond donors (Lipinski definition) is 1. The normalized spacial score (nSPS) is 11.6. The predicted octanol–water partition coefficient (Wildman–Crippen LogP) is 4.83. The lowest BCUT2D eigenvalue weighted by Gasteiger charge is -2.14. The van der Waals surface area contributed by atoms with Crippen LogP contribution in [0.4, 0.5) is 0 Å². The number of carbonyl (C=O) groups excluding carboxylic acids is 1. The first-order valence-electron chi connectivity index (χ1n) is 8.84. The van der Waals surface area contributed by atoms with Gasteiger partial charge in [-0.15, -0.1) is 11.3 Å². The third-order valence-corrected chi connectivity index (χ3v) is 4.92. The van der Waals surface area contributed by atoms with Crippen LogP contribution in [0.1, 0.15) is 52.1 Å². The third-order valence-electron chi connectivity index (χ3n) is 4.02. The Bertz CT molecular complexity index is 974. The van der Waals surface area contributed by atoms with Crippen molar-refractivity contribution in [1.82, 2.24) is 0 Å². The van der Waals surface area contributed by atoms with E-state index in [1.165, 1.54) is 17.4 Å². The lowest BCUT2D eigenvalue weighted by Crippen LogP contribution is -2.13. The van der Waals surface area contributed by atoms with Gasteiger partial charge < -0.3 is 19.7 Å². The van der Waals surface area contributed by atoms with Gasteiger partial charge in [0.25, 0.3) is 0 Å². The summed E-state index contributed by atoms with van der Waals surface area (Å²) < 4.78 is 11.4. The van der Waals surface area contributed by atoms with Crippen molar-refractivity contribution in [3.8, 4) is 5.75 Å². The second kappa shape index (κ2) is 8.75. The predicted molar refractivity (Wildman–Crippen MR) is 109 cm³/mol. The third kappa shape index (κ3) is 4.80. The molecule has 0 spiro atoms. The van der Waals surface area contributed by atoms with Crippen LogP contribution in [0.25, 0.3) is 0 Å². The Hall–Kier alpha value is -3.06. The fraction of sp³-hybridized carbons (Fsp3) is 0.238. The summed E-state index contributed by atoms with van der Waals surface area (Å²) in [6.45, 7) is 6.44. The average Bonchev–Trinajstić information content (AvgIpc) is 3.36. The SMILES string of the molecule is Cc1ccc(C(C)C)c(OCc2ccc(C(=O)O/N=C(\N)c3cccs3)o2)c1. The number of thiophene rings is 1. The van der Waals surface area contributed by atoms with E-state index in [0.29, 0.717) is 11.7 Å². The second-order valence-corrected chi connectivity index (χ2v) is 7.53. The van der Waals surface area contributed by atoms with Crippen LogP contribution in [-0.2, 0) is 11.4 Å². The maximum atomic E-state index is 12.1. The number of rotatable bonds is 7. The summed E-state index contributed by atoms with van der Waals surface area (Å²) in [4.78, 5) is 17.7. The molecule has 0 bridgehead atoms. The minimum atomic E-state index is -0.718. The molecule has 0 saturated carbocycles. The number of hydrogen-bond acceptors (Lipinski definition) is 6. The Balaban J connectivity index is 1.62. The van der Waals surface area contributed by atoms with Crippen LogP contribution in [0, 0.1) is 6.92 Å². The number of ether oxygens (including phenoxy) is 1. The zero-order chi connectivity index (χ0) is 20.1. The maximum Gasteiger partial charge on any atom is 0.400 e. The number of amidine groups is 1. The Morgan fingerprint density at radius 2 is 2.07 bits per heavy atom. The number of nitrogens with two attached hydrogens (primary N) is 1. The van der Waals surface area contributed by atoms with E-state index in [-0.39, 0.29) is 18.2 Å². The molecule has 0 atom stereocenters. The topological polar surface area (TPSA) is 87.0 Å². The molecule has 2 N–H and O–H groups in total. The second-order valence-electron chi connectivity index (χ2n) is 6.58. The van der Waals surface area contributed by atoms with Gasteiger partial charge in [-0.3, -0.25) is 0 Å². The molecule has 0 aliphatic heterocycles. The molecule has 0 fully saturated rings. The van der Waals surface area contributed by atoms with Crippen LogP contribution in [0.5, 0.6) is 5.75 Å². The van der Waals surface area contributed by atoms with E-state index < -0.39 is 5.97 Å². The summed E-state index contributed by atoms with van der Waals surface area (Å²) in [6, 6.07) is 12.9. The molecule has 2 heterocycles. The van der Waals surface area contributed by atoms with Crippen LogP contribution in [-0.4, -0.2) is 11.8 Å². The fourth-order valence-corrected chi connectivity index (χ4v) is 3.18. The van der Waals surface area contributed by atoms with Crippen LogP contribution < -0.4 is 10.5 Å². The first-order chi connectivity index (χ1) is 13.4. The van der Waals surface area contributed by atoms with Crippen molar-refractivity contribution in [1.29, 1.82) is 0 Å². The van der Waals surface area contributed by atoms with E-state index in [4.69, 9.17) is 19.7 Å². The van der Waals surface area contributed by atoms with Crippen molar-refractivity contribution in [2.24, 2.45) is 10.9 Å². The summed E-state index contributed by atoms with van der Waals surface area (Å²) in [7, 11) is 0. The number of carbonyl (C=O) groups is 1. The molecule has 0 radical (unpaired) electrons. The van der Waals surface area contributed by atoms with Crippen molar-refractivity contribution in [3.05, 3.63) is 75.4 Å². The van der Waals surface area contributed by atoms with Crippen LogP contribution in [0.15, 0.2) is 57.4 Å². The van der Waals surface area contributed by atoms with Gasteiger partial charge in [0.2, 0.25) is 5.76 Å². The summed E-state index contributed by atoms with van der Waals surface area (Å²) in [5.74, 6) is 1.12. The Morgan fingerprint density at radius 1 is 1.25 bits per heavy atom. The molecule has 6 nitrogen and oxygen atoms in total. The molecule has 0 aliphatic carbocycles. The zero-order valence-corrected chi connectivity index (χ0v) is 16.8. The lowest BCUT2D eigenvalue weighted by molar-refractivity contribution is 0.0475. The molecule has 0 amide bonds. The van der Waals surface area contributed by atoms with Gasteiger partial charge in [-0.05, 0) is 53.6 Å². The molecule has 3 aromatic rings. The molecular formula is C21H22N2O4S. The van der Waals surface area contributed by atoms with Gasteiger partial charge in [0, 0.05) is 0 Å². The molecule has 28 heavy (non-hydrogen) atoms. The average molecular weight is 398 g/mol. The highest BCUT2D eigenvalue weighted by molar-refractivity contribution is 7.12. The number of oxime groups is 1. The zero-order valence-electron chi connectivity index (χ0n) is 16.0. The number of benzene rings is 1. The Labute approximate surface area is 167 Å².